The first-order chi connectivity index (χ1) is 7.12. The Morgan fingerprint density at radius 2 is 2.07 bits per heavy atom. The summed E-state index contributed by atoms with van der Waals surface area (Å²) in [6.45, 7) is 6.97. The third-order valence-electron chi connectivity index (χ3n) is 4.36. The largest absolute Gasteiger partial charge is 0.329 e. The lowest BCUT2D eigenvalue weighted by molar-refractivity contribution is 0.0957. The van der Waals surface area contributed by atoms with Gasteiger partial charge in [-0.3, -0.25) is 4.90 Å². The number of rotatable bonds is 2. The molecule has 0 bridgehead atoms. The number of nitrogens with two attached hydrogens (primary N) is 1. The number of nitrogens with zero attached hydrogens (tertiary/aromatic N) is 1. The van der Waals surface area contributed by atoms with Crippen LogP contribution in [0.5, 0.6) is 0 Å². The average molecular weight is 210 g/mol. The molecule has 1 saturated heterocycles. The normalized spacial score (nSPS) is 37.0. The van der Waals surface area contributed by atoms with E-state index in [1.807, 2.05) is 0 Å². The highest BCUT2D eigenvalue weighted by molar-refractivity contribution is 4.92. The standard InChI is InChI=1S/C13H26N2/c1-13(2)7-6-11(9-13)15-8-4-3-5-12(15)10-14/h11-12H,3-10,14H2,1-2H3. The maximum atomic E-state index is 5.89. The van der Waals surface area contributed by atoms with Gasteiger partial charge in [-0.2, -0.15) is 0 Å². The van der Waals surface area contributed by atoms with Crippen molar-refractivity contribution in [1.29, 1.82) is 0 Å². The van der Waals surface area contributed by atoms with E-state index in [-0.39, 0.29) is 0 Å². The van der Waals surface area contributed by atoms with E-state index in [0.717, 1.165) is 12.6 Å². The molecule has 0 aromatic heterocycles. The van der Waals surface area contributed by atoms with Crippen molar-refractivity contribution >= 4 is 0 Å². The Balaban J connectivity index is 1.97. The molecular formula is C13H26N2. The Kier molecular flexibility index (Phi) is 3.36. The zero-order chi connectivity index (χ0) is 10.9. The Labute approximate surface area is 94.2 Å². The van der Waals surface area contributed by atoms with Crippen LogP contribution < -0.4 is 5.73 Å². The van der Waals surface area contributed by atoms with Crippen molar-refractivity contribution in [2.75, 3.05) is 13.1 Å². The van der Waals surface area contributed by atoms with Crippen LogP contribution in [-0.4, -0.2) is 30.1 Å². The molecule has 2 unspecified atom stereocenters. The lowest BCUT2D eigenvalue weighted by atomic mass is 9.91. The second kappa shape index (κ2) is 4.42. The van der Waals surface area contributed by atoms with E-state index in [1.54, 1.807) is 0 Å². The average Bonchev–Trinajstić information content (AvgIpc) is 2.59. The van der Waals surface area contributed by atoms with Gasteiger partial charge in [-0.1, -0.05) is 20.3 Å². The highest BCUT2D eigenvalue weighted by atomic mass is 15.2. The smallest absolute Gasteiger partial charge is 0.0221 e. The third-order valence-corrected chi connectivity index (χ3v) is 4.36. The zero-order valence-electron chi connectivity index (χ0n) is 10.3. The SMILES string of the molecule is CC1(C)CCC(N2CCCCC2CN)C1. The molecule has 0 radical (unpaired) electrons. The minimum atomic E-state index is 0.571. The van der Waals surface area contributed by atoms with E-state index >= 15 is 0 Å². The monoisotopic (exact) mass is 210 g/mol. The van der Waals surface area contributed by atoms with Gasteiger partial charge in [0, 0.05) is 18.6 Å². The van der Waals surface area contributed by atoms with Gasteiger partial charge in [0.05, 0.1) is 0 Å². The lowest BCUT2D eigenvalue weighted by Gasteiger charge is -2.40. The van der Waals surface area contributed by atoms with Gasteiger partial charge < -0.3 is 5.73 Å². The van der Waals surface area contributed by atoms with Crippen molar-refractivity contribution in [2.45, 2.75) is 64.5 Å². The first-order valence-electron chi connectivity index (χ1n) is 6.58. The molecule has 0 aromatic rings. The van der Waals surface area contributed by atoms with Crippen molar-refractivity contribution in [3.63, 3.8) is 0 Å². The second-order valence-electron chi connectivity index (χ2n) is 6.18. The predicted octanol–water partition coefficient (Wildman–Crippen LogP) is 2.38. The predicted molar refractivity (Wildman–Crippen MR) is 64.8 cm³/mol. The van der Waals surface area contributed by atoms with Gasteiger partial charge in [-0.15, -0.1) is 0 Å². The highest BCUT2D eigenvalue weighted by Crippen LogP contribution is 2.40. The van der Waals surface area contributed by atoms with E-state index in [0.29, 0.717) is 11.5 Å². The number of likely N-dealkylation sites (tertiary alicyclic amines) is 1. The molecule has 0 amide bonds. The van der Waals surface area contributed by atoms with Gasteiger partial charge >= 0.3 is 0 Å². The van der Waals surface area contributed by atoms with E-state index in [4.69, 9.17) is 5.73 Å². The summed E-state index contributed by atoms with van der Waals surface area (Å²) >= 11 is 0. The van der Waals surface area contributed by atoms with Gasteiger partial charge in [0.15, 0.2) is 0 Å². The van der Waals surface area contributed by atoms with Crippen LogP contribution in [0.25, 0.3) is 0 Å². The van der Waals surface area contributed by atoms with Gasteiger partial charge in [0.2, 0.25) is 0 Å². The van der Waals surface area contributed by atoms with Crippen LogP contribution in [0.15, 0.2) is 0 Å². The molecule has 2 N–H and O–H groups in total. The van der Waals surface area contributed by atoms with Crippen LogP contribution in [0, 0.1) is 5.41 Å². The maximum Gasteiger partial charge on any atom is 0.0221 e. The molecule has 2 heteroatoms. The summed E-state index contributed by atoms with van der Waals surface area (Å²) in [4.78, 5) is 2.72. The Bertz CT molecular complexity index is 213. The van der Waals surface area contributed by atoms with E-state index in [9.17, 15) is 0 Å². The third kappa shape index (κ3) is 2.54. The molecular weight excluding hydrogens is 184 g/mol. The summed E-state index contributed by atoms with van der Waals surface area (Å²) in [5, 5.41) is 0. The van der Waals surface area contributed by atoms with Crippen LogP contribution in [0.3, 0.4) is 0 Å². The van der Waals surface area contributed by atoms with Gasteiger partial charge in [-0.05, 0) is 44.1 Å². The number of hydrogen-bond acceptors (Lipinski definition) is 2. The Hall–Kier alpha value is -0.0800. The highest BCUT2D eigenvalue weighted by Gasteiger charge is 2.37. The minimum Gasteiger partial charge on any atom is -0.329 e. The molecule has 2 atom stereocenters. The molecule has 0 aromatic carbocycles. The molecule has 2 rings (SSSR count). The van der Waals surface area contributed by atoms with Gasteiger partial charge in [-0.25, -0.2) is 0 Å². The molecule has 0 spiro atoms. The van der Waals surface area contributed by atoms with Crippen LogP contribution in [0.2, 0.25) is 0 Å². The van der Waals surface area contributed by atoms with Gasteiger partial charge in [0.25, 0.3) is 0 Å². The molecule has 1 saturated carbocycles. The lowest BCUT2D eigenvalue weighted by Crippen LogP contribution is -2.48. The molecule has 88 valence electrons. The fourth-order valence-electron chi connectivity index (χ4n) is 3.44. The van der Waals surface area contributed by atoms with E-state index in [1.165, 1.54) is 45.1 Å². The van der Waals surface area contributed by atoms with Crippen molar-refractivity contribution in [3.05, 3.63) is 0 Å². The Morgan fingerprint density at radius 1 is 1.27 bits per heavy atom. The van der Waals surface area contributed by atoms with E-state index in [2.05, 4.69) is 18.7 Å². The quantitative estimate of drug-likeness (QED) is 0.758. The van der Waals surface area contributed by atoms with Crippen LogP contribution in [0.1, 0.15) is 52.4 Å². The van der Waals surface area contributed by atoms with Crippen LogP contribution >= 0.6 is 0 Å². The topological polar surface area (TPSA) is 29.3 Å². The fourth-order valence-corrected chi connectivity index (χ4v) is 3.44. The van der Waals surface area contributed by atoms with Gasteiger partial charge in [0.1, 0.15) is 0 Å². The summed E-state index contributed by atoms with van der Waals surface area (Å²) in [5.74, 6) is 0. The summed E-state index contributed by atoms with van der Waals surface area (Å²) in [6, 6.07) is 1.51. The minimum absolute atomic E-state index is 0.571. The Morgan fingerprint density at radius 3 is 2.67 bits per heavy atom. The molecule has 15 heavy (non-hydrogen) atoms. The molecule has 1 aliphatic heterocycles. The van der Waals surface area contributed by atoms with Crippen molar-refractivity contribution in [3.8, 4) is 0 Å². The summed E-state index contributed by atoms with van der Waals surface area (Å²) in [5.41, 5.74) is 6.46. The number of piperidine rings is 1. The van der Waals surface area contributed by atoms with Crippen molar-refractivity contribution < 1.29 is 0 Å². The molecule has 2 fully saturated rings. The molecule has 2 nitrogen and oxygen atoms in total. The summed E-state index contributed by atoms with van der Waals surface area (Å²) in [7, 11) is 0. The first kappa shape index (κ1) is 11.4. The van der Waals surface area contributed by atoms with Crippen LogP contribution in [0.4, 0.5) is 0 Å². The molecule has 2 aliphatic rings. The van der Waals surface area contributed by atoms with Crippen molar-refractivity contribution in [1.82, 2.24) is 4.90 Å². The summed E-state index contributed by atoms with van der Waals surface area (Å²) in [6.07, 6.45) is 8.26. The summed E-state index contributed by atoms with van der Waals surface area (Å²) < 4.78 is 0. The second-order valence-corrected chi connectivity index (χ2v) is 6.18. The van der Waals surface area contributed by atoms with E-state index < -0.39 is 0 Å². The first-order valence-corrected chi connectivity index (χ1v) is 6.58. The maximum absolute atomic E-state index is 5.89. The van der Waals surface area contributed by atoms with Crippen molar-refractivity contribution in [2.24, 2.45) is 11.1 Å². The molecule has 1 heterocycles. The van der Waals surface area contributed by atoms with Crippen LogP contribution in [-0.2, 0) is 0 Å². The fraction of sp³-hybridized carbons (Fsp3) is 1.00. The number of hydrogen-bond donors (Lipinski definition) is 1. The molecule has 1 aliphatic carbocycles. The zero-order valence-corrected chi connectivity index (χ0v) is 10.3.